The van der Waals surface area contributed by atoms with E-state index in [0.29, 0.717) is 0 Å². The monoisotopic (exact) mass is 512 g/mol. The van der Waals surface area contributed by atoms with Crippen molar-refractivity contribution in [2.75, 3.05) is 0 Å². The Morgan fingerprint density at radius 3 is 0.900 bits per heavy atom. The van der Waals surface area contributed by atoms with E-state index in [9.17, 15) is 0 Å². The molecule has 2 heteroatoms. The quantitative estimate of drug-likeness (QED) is 0.213. The molecule has 0 spiro atoms. The number of benzene rings is 4. The first kappa shape index (κ1) is 17.5. The van der Waals surface area contributed by atoms with Gasteiger partial charge >= 0.3 is 0 Å². The van der Waals surface area contributed by atoms with Crippen molar-refractivity contribution in [1.82, 2.24) is 0 Å². The fourth-order valence-corrected chi connectivity index (χ4v) is 8.86. The van der Waals surface area contributed by atoms with Gasteiger partial charge in [0.1, 0.15) is 0 Å². The van der Waals surface area contributed by atoms with Crippen molar-refractivity contribution in [2.24, 2.45) is 0 Å². The minimum absolute atomic E-state index is 0.194. The fraction of sp³-hybridized carbons (Fsp3) is 0.143. The molecule has 10 rings (SSSR count). The van der Waals surface area contributed by atoms with Crippen molar-refractivity contribution < 1.29 is 0 Å². The topological polar surface area (TPSA) is 0 Å². The molecular formula is C28H18Br2. The Kier molecular flexibility index (Phi) is 3.36. The summed E-state index contributed by atoms with van der Waals surface area (Å²) in [6.45, 7) is 0. The molecular weight excluding hydrogens is 496 g/mol. The maximum absolute atomic E-state index is 4.41. The number of hydrogen-bond acceptors (Lipinski definition) is 0. The minimum atomic E-state index is -0.308. The van der Waals surface area contributed by atoms with Crippen LogP contribution in [-0.2, 0) is 8.65 Å². The van der Waals surface area contributed by atoms with E-state index in [1.807, 2.05) is 0 Å². The van der Waals surface area contributed by atoms with E-state index in [-0.39, 0.29) is 20.5 Å². The van der Waals surface area contributed by atoms with Gasteiger partial charge in [0, 0.05) is 11.8 Å². The lowest BCUT2D eigenvalue weighted by molar-refractivity contribution is 0.490. The highest BCUT2D eigenvalue weighted by molar-refractivity contribution is 9.10. The summed E-state index contributed by atoms with van der Waals surface area (Å²) in [4.78, 5) is 0. The van der Waals surface area contributed by atoms with Crippen LogP contribution in [-0.4, -0.2) is 0 Å². The summed E-state index contributed by atoms with van der Waals surface area (Å²) in [5.41, 5.74) is 11.2. The molecule has 0 amide bonds. The summed E-state index contributed by atoms with van der Waals surface area (Å²) < 4.78 is -0.616. The second-order valence-corrected chi connectivity index (χ2v) is 11.1. The first-order chi connectivity index (χ1) is 14.7. The summed E-state index contributed by atoms with van der Waals surface area (Å²) in [7, 11) is 0. The third-order valence-electron chi connectivity index (χ3n) is 7.45. The van der Waals surface area contributed by atoms with Crippen LogP contribution >= 0.6 is 31.9 Å². The van der Waals surface area contributed by atoms with Crippen molar-refractivity contribution in [3.05, 3.63) is 142 Å². The van der Waals surface area contributed by atoms with Crippen molar-refractivity contribution in [3.63, 3.8) is 0 Å². The molecule has 4 aromatic rings. The first-order valence-corrected chi connectivity index (χ1v) is 12.0. The van der Waals surface area contributed by atoms with E-state index in [1.165, 1.54) is 44.5 Å². The predicted octanol–water partition coefficient (Wildman–Crippen LogP) is 7.57. The van der Waals surface area contributed by atoms with E-state index in [4.69, 9.17) is 0 Å². The highest BCUT2D eigenvalue weighted by atomic mass is 79.9. The zero-order valence-electron chi connectivity index (χ0n) is 16.1. The molecule has 0 saturated carbocycles. The van der Waals surface area contributed by atoms with E-state index < -0.39 is 0 Å². The van der Waals surface area contributed by atoms with Gasteiger partial charge in [-0.1, -0.05) is 129 Å². The summed E-state index contributed by atoms with van der Waals surface area (Å²) in [5, 5.41) is 0. The van der Waals surface area contributed by atoms with E-state index in [1.54, 1.807) is 0 Å². The molecule has 0 fully saturated rings. The Hall–Kier alpha value is -2.16. The second kappa shape index (κ2) is 5.75. The Balaban J connectivity index is 1.77. The van der Waals surface area contributed by atoms with Gasteiger partial charge in [-0.2, -0.15) is 0 Å². The molecule has 0 N–H and O–H groups in total. The lowest BCUT2D eigenvalue weighted by Crippen LogP contribution is -2.48. The van der Waals surface area contributed by atoms with E-state index in [0.717, 1.165) is 0 Å². The standard InChI is InChI=1S/C28H18Br2/c29-27-21-13-5-1-9-17(21)25(18-10-2-6-14-22(18)27)28(30)23-15-7-3-11-19(23)26(27)20-12-4-8-16-24(20)28/h1-16,25-26H. The molecule has 6 aliphatic carbocycles. The highest BCUT2D eigenvalue weighted by Crippen LogP contribution is 2.71. The molecule has 4 aromatic carbocycles. The summed E-state index contributed by atoms with van der Waals surface area (Å²) in [6, 6.07) is 36.2. The second-order valence-electron chi connectivity index (χ2n) is 8.64. The molecule has 4 bridgehead atoms. The normalized spacial score (nSPS) is 29.3. The van der Waals surface area contributed by atoms with Crippen LogP contribution < -0.4 is 0 Å². The van der Waals surface area contributed by atoms with Crippen LogP contribution in [0.2, 0.25) is 0 Å². The van der Waals surface area contributed by atoms with E-state index in [2.05, 4.69) is 129 Å². The Bertz CT molecular complexity index is 1150. The first-order valence-electron chi connectivity index (χ1n) is 10.4. The average Bonchev–Trinajstić information content (AvgIpc) is 2.79. The molecule has 30 heavy (non-hydrogen) atoms. The zero-order valence-corrected chi connectivity index (χ0v) is 19.3. The molecule has 0 aromatic heterocycles. The van der Waals surface area contributed by atoms with Crippen LogP contribution in [0.25, 0.3) is 0 Å². The number of halogens is 2. The van der Waals surface area contributed by atoms with Crippen molar-refractivity contribution in [3.8, 4) is 0 Å². The van der Waals surface area contributed by atoms with Gasteiger partial charge in [0.25, 0.3) is 0 Å². The molecule has 0 nitrogen and oxygen atoms in total. The molecule has 144 valence electrons. The van der Waals surface area contributed by atoms with Crippen LogP contribution in [0.4, 0.5) is 0 Å². The summed E-state index contributed by atoms with van der Waals surface area (Å²) in [6.07, 6.45) is 0. The molecule has 0 unspecified atom stereocenters. The van der Waals surface area contributed by atoms with Gasteiger partial charge in [-0.05, 0) is 44.5 Å². The van der Waals surface area contributed by atoms with Crippen molar-refractivity contribution in [1.29, 1.82) is 0 Å². The third kappa shape index (κ3) is 1.81. The molecule has 0 atom stereocenters. The van der Waals surface area contributed by atoms with Crippen molar-refractivity contribution >= 4 is 31.9 Å². The minimum Gasteiger partial charge on any atom is -0.0738 e. The third-order valence-corrected chi connectivity index (χ3v) is 10.1. The molecule has 0 radical (unpaired) electrons. The van der Waals surface area contributed by atoms with Gasteiger partial charge in [-0.3, -0.25) is 0 Å². The molecule has 0 saturated heterocycles. The largest absolute Gasteiger partial charge is 0.0869 e. The SMILES string of the molecule is BrC12c3ccccc3C(c3ccccc31)C1(Br)c3ccccc3C2c2ccccc21. The summed E-state index contributed by atoms with van der Waals surface area (Å²) >= 11 is 8.82. The van der Waals surface area contributed by atoms with Gasteiger partial charge in [0.2, 0.25) is 0 Å². The number of rotatable bonds is 0. The van der Waals surface area contributed by atoms with Gasteiger partial charge in [-0.15, -0.1) is 0 Å². The molecule has 6 aliphatic rings. The Labute approximate surface area is 193 Å². The highest BCUT2D eigenvalue weighted by Gasteiger charge is 2.61. The van der Waals surface area contributed by atoms with Gasteiger partial charge in [-0.25, -0.2) is 0 Å². The number of hydrogen-bond donors (Lipinski definition) is 0. The van der Waals surface area contributed by atoms with Gasteiger partial charge in [0.15, 0.2) is 0 Å². The lowest BCUT2D eigenvalue weighted by Gasteiger charge is -2.57. The van der Waals surface area contributed by atoms with Crippen LogP contribution in [0.3, 0.4) is 0 Å². The van der Waals surface area contributed by atoms with Crippen LogP contribution in [0, 0.1) is 0 Å². The fourth-order valence-electron chi connectivity index (χ4n) is 6.42. The smallest absolute Gasteiger partial charge is 0.0738 e. The maximum atomic E-state index is 4.41. The van der Waals surface area contributed by atoms with Gasteiger partial charge < -0.3 is 0 Å². The average molecular weight is 514 g/mol. The van der Waals surface area contributed by atoms with Crippen molar-refractivity contribution in [2.45, 2.75) is 20.5 Å². The van der Waals surface area contributed by atoms with E-state index >= 15 is 0 Å². The molecule has 0 heterocycles. The Morgan fingerprint density at radius 1 is 0.400 bits per heavy atom. The van der Waals surface area contributed by atoms with Crippen LogP contribution in [0.5, 0.6) is 0 Å². The Morgan fingerprint density at radius 2 is 0.633 bits per heavy atom. The number of alkyl halides is 2. The zero-order chi connectivity index (χ0) is 20.1. The lowest BCUT2D eigenvalue weighted by atomic mass is 9.53. The van der Waals surface area contributed by atoms with Crippen LogP contribution in [0.1, 0.15) is 56.3 Å². The predicted molar refractivity (Wildman–Crippen MR) is 129 cm³/mol. The summed E-state index contributed by atoms with van der Waals surface area (Å²) in [5.74, 6) is 0.387. The molecule has 0 aliphatic heterocycles. The maximum Gasteiger partial charge on any atom is 0.0869 e. The van der Waals surface area contributed by atoms with Gasteiger partial charge in [0.05, 0.1) is 8.65 Å². The van der Waals surface area contributed by atoms with Crippen LogP contribution in [0.15, 0.2) is 97.1 Å².